The monoisotopic (exact) mass is 1400 g/mol. The van der Waals surface area contributed by atoms with Crippen LogP contribution >= 0.6 is 0 Å². The van der Waals surface area contributed by atoms with E-state index < -0.39 is 0 Å². The lowest BCUT2D eigenvalue weighted by molar-refractivity contribution is 1.16. The molecule has 6 aromatic heterocycles. The first kappa shape index (κ1) is 63.7. The van der Waals surface area contributed by atoms with Crippen molar-refractivity contribution in [2.24, 2.45) is 0 Å². The molecule has 22 rings (SSSR count). The Morgan fingerprint density at radius 3 is 0.918 bits per heavy atom. The maximum atomic E-state index is 5.10. The van der Waals surface area contributed by atoms with Gasteiger partial charge in [-0.25, -0.2) is 15.0 Å². The first-order valence-electron chi connectivity index (χ1n) is 37.5. The van der Waals surface area contributed by atoms with E-state index in [0.29, 0.717) is 5.82 Å². The van der Waals surface area contributed by atoms with Gasteiger partial charge in [0.1, 0.15) is 0 Å². The quantitative estimate of drug-likeness (QED) is 0.130. The lowest BCUT2D eigenvalue weighted by atomic mass is 10.00. The summed E-state index contributed by atoms with van der Waals surface area (Å²) in [7, 11) is 0. The topological polar surface area (TPSA) is 58.4 Å². The van der Waals surface area contributed by atoms with E-state index in [1.807, 2.05) is 24.3 Å². The van der Waals surface area contributed by atoms with Crippen LogP contribution in [-0.2, 0) is 0 Å². The van der Waals surface area contributed by atoms with Gasteiger partial charge in [-0.1, -0.05) is 285 Å². The van der Waals surface area contributed by atoms with Crippen molar-refractivity contribution < 1.29 is 0 Å². The zero-order valence-corrected chi connectivity index (χ0v) is 59.8. The summed E-state index contributed by atoms with van der Waals surface area (Å²) >= 11 is 0. The zero-order valence-electron chi connectivity index (χ0n) is 59.8. The average molecular weight is 1400 g/mol. The third-order valence-corrected chi connectivity index (χ3v) is 21.8. The van der Waals surface area contributed by atoms with Gasteiger partial charge in [-0.3, -0.25) is 0 Å². The Morgan fingerprint density at radius 2 is 0.473 bits per heavy atom. The molecule has 0 unspecified atom stereocenters. The van der Waals surface area contributed by atoms with E-state index >= 15 is 0 Å². The maximum Gasteiger partial charge on any atom is 0.160 e. The second-order valence-electron chi connectivity index (χ2n) is 28.2. The van der Waals surface area contributed by atoms with Crippen LogP contribution < -0.4 is 0 Å². The molecule has 7 nitrogen and oxygen atoms in total. The summed E-state index contributed by atoms with van der Waals surface area (Å²) in [4.78, 5) is 15.3. The van der Waals surface area contributed by atoms with Gasteiger partial charge in [0.05, 0.1) is 72.6 Å². The van der Waals surface area contributed by atoms with Crippen molar-refractivity contribution in [1.82, 2.24) is 33.2 Å². The molecule has 0 saturated heterocycles. The van der Waals surface area contributed by atoms with Crippen molar-refractivity contribution in [1.29, 1.82) is 0 Å². The number of benzene rings is 16. The molecule has 0 bridgehead atoms. The molecule has 0 fully saturated rings. The van der Waals surface area contributed by atoms with Gasteiger partial charge in [0.25, 0.3) is 0 Å². The second-order valence-corrected chi connectivity index (χ2v) is 28.2. The van der Waals surface area contributed by atoms with Crippen molar-refractivity contribution in [3.63, 3.8) is 0 Å². The van der Waals surface area contributed by atoms with Gasteiger partial charge in [-0.15, -0.1) is 0 Å². The Bertz CT molecular complexity index is 7160. The van der Waals surface area contributed by atoms with E-state index in [4.69, 9.17) is 15.0 Å². The molecular formula is C103H67N7. The predicted octanol–water partition coefficient (Wildman–Crippen LogP) is 26.8. The Balaban J connectivity index is 0.000000140. The van der Waals surface area contributed by atoms with Gasteiger partial charge in [0, 0.05) is 93.4 Å². The number of fused-ring (bicyclic) bond motifs is 13. The highest BCUT2D eigenvalue weighted by Gasteiger charge is 2.23. The number of nitrogens with zero attached hydrogens (tertiary/aromatic N) is 7. The fraction of sp³-hybridized carbons (Fsp3) is 0. The highest BCUT2D eigenvalue weighted by atomic mass is 15.0. The normalized spacial score (nSPS) is 11.6. The van der Waals surface area contributed by atoms with Crippen LogP contribution in [0.3, 0.4) is 0 Å². The summed E-state index contributed by atoms with van der Waals surface area (Å²) in [6, 6.07) is 145. The van der Waals surface area contributed by atoms with Crippen LogP contribution in [0.4, 0.5) is 0 Å². The summed E-state index contributed by atoms with van der Waals surface area (Å²) in [6.07, 6.45) is 0. The molecule has 0 aliphatic heterocycles. The minimum absolute atomic E-state index is 0.699. The summed E-state index contributed by atoms with van der Waals surface area (Å²) in [6.45, 7) is 0. The lowest BCUT2D eigenvalue weighted by Gasteiger charge is -2.13. The zero-order chi connectivity index (χ0) is 72.6. The molecule has 0 radical (unpaired) electrons. The van der Waals surface area contributed by atoms with Gasteiger partial charge < -0.3 is 18.3 Å². The van der Waals surface area contributed by atoms with Crippen molar-refractivity contribution in [2.75, 3.05) is 0 Å². The predicted molar refractivity (Wildman–Crippen MR) is 459 cm³/mol. The average Bonchev–Trinajstić information content (AvgIpc) is 1.56. The molecular weight excluding hydrogens is 1340 g/mol. The SMILES string of the molecule is c1ccc(-c2cc(-c3ccc(-n4c5ccccc5c5cc6c(cc54)c4ccccc4n6-c4cccc5ccccc45)cc3)cc(-c3ccccc3)n2)cc1.c1ccc(-c2cccc(-n3c4ccccc4c4cc5c(cc43)c3ccccc3n5-c3ccc(-c4nc(-c5ccccc5)cc(-c5ccccc5)n4)cc3)c2)cc1. The lowest BCUT2D eigenvalue weighted by Crippen LogP contribution is -1.97. The fourth-order valence-electron chi connectivity index (χ4n) is 16.7. The Labute approximate surface area is 635 Å². The van der Waals surface area contributed by atoms with Crippen LogP contribution in [0.2, 0.25) is 0 Å². The van der Waals surface area contributed by atoms with E-state index in [9.17, 15) is 0 Å². The molecule has 0 aliphatic carbocycles. The minimum Gasteiger partial charge on any atom is -0.309 e. The number of hydrogen-bond acceptors (Lipinski definition) is 3. The van der Waals surface area contributed by atoms with Crippen LogP contribution in [0.5, 0.6) is 0 Å². The van der Waals surface area contributed by atoms with Gasteiger partial charge in [-0.2, -0.15) is 0 Å². The molecule has 16 aromatic carbocycles. The van der Waals surface area contributed by atoms with Crippen molar-refractivity contribution >= 4 is 98.0 Å². The first-order valence-corrected chi connectivity index (χ1v) is 37.5. The largest absolute Gasteiger partial charge is 0.309 e. The van der Waals surface area contributed by atoms with Crippen molar-refractivity contribution in [2.45, 2.75) is 0 Å². The standard InChI is InChI=1S/C52H34N4.C51H33N3/c1-4-15-35(16-5-1)39-21-14-22-41(31-39)56-49-26-13-11-24-43(49)45-32-50-44(33-51(45)56)42-23-10-12-25-48(42)55(50)40-29-27-38(28-30-40)52-53-46(36-17-6-2-7-18-36)34-47(54-52)37-19-8-3-9-20-37;1-3-15-36(16-4-1)45-30-38(31-46(52-45)37-17-5-2-6-18-37)34-26-28-39(29-27-34)53-48-23-11-9-21-41(48)43-33-51-44(32-50(43)53)42-22-10-12-24-49(42)54(51)47-25-13-19-35-14-7-8-20-40(35)47/h1-34H;1-33H. The van der Waals surface area contributed by atoms with Gasteiger partial charge in [-0.05, 0) is 149 Å². The minimum atomic E-state index is 0.699. The Hall–Kier alpha value is -14.8. The van der Waals surface area contributed by atoms with Crippen LogP contribution in [-0.4, -0.2) is 33.2 Å². The highest BCUT2D eigenvalue weighted by Crippen LogP contribution is 2.44. The summed E-state index contributed by atoms with van der Waals surface area (Å²) < 4.78 is 9.70. The first-order chi connectivity index (χ1) is 54.5. The molecule has 6 heterocycles. The van der Waals surface area contributed by atoms with Crippen LogP contribution in [0, 0.1) is 0 Å². The molecule has 22 aromatic rings. The number of hydrogen-bond donors (Lipinski definition) is 0. The summed E-state index contributed by atoms with van der Waals surface area (Å²) in [5, 5.41) is 12.3. The van der Waals surface area contributed by atoms with Crippen molar-refractivity contribution in [3.05, 3.63) is 406 Å². The van der Waals surface area contributed by atoms with Gasteiger partial charge in [0.15, 0.2) is 5.82 Å². The maximum absolute atomic E-state index is 5.10. The molecule has 0 N–H and O–H groups in total. The van der Waals surface area contributed by atoms with Gasteiger partial charge >= 0.3 is 0 Å². The van der Waals surface area contributed by atoms with E-state index in [1.165, 1.54) is 115 Å². The Morgan fingerprint density at radius 1 is 0.155 bits per heavy atom. The molecule has 110 heavy (non-hydrogen) atoms. The van der Waals surface area contributed by atoms with E-state index in [0.717, 1.165) is 78.8 Å². The summed E-state index contributed by atoms with van der Waals surface area (Å²) in [5.41, 5.74) is 27.8. The molecule has 0 aliphatic rings. The molecule has 0 atom stereocenters. The molecule has 514 valence electrons. The third kappa shape index (κ3) is 11.0. The highest BCUT2D eigenvalue weighted by molar-refractivity contribution is 6.21. The molecule has 0 saturated carbocycles. The van der Waals surface area contributed by atoms with E-state index in [1.54, 1.807) is 0 Å². The third-order valence-electron chi connectivity index (χ3n) is 21.8. The van der Waals surface area contributed by atoms with Crippen LogP contribution in [0.1, 0.15) is 0 Å². The number of rotatable bonds is 11. The van der Waals surface area contributed by atoms with Gasteiger partial charge in [0.2, 0.25) is 0 Å². The van der Waals surface area contributed by atoms with Crippen molar-refractivity contribution in [3.8, 4) is 101 Å². The number of aromatic nitrogens is 7. The summed E-state index contributed by atoms with van der Waals surface area (Å²) in [5.74, 6) is 0.699. The van der Waals surface area contributed by atoms with Crippen LogP contribution in [0.15, 0.2) is 406 Å². The number of para-hydroxylation sites is 4. The fourth-order valence-corrected chi connectivity index (χ4v) is 16.7. The molecule has 0 spiro atoms. The Kier molecular flexibility index (Phi) is 15.4. The molecule has 7 heteroatoms. The van der Waals surface area contributed by atoms with E-state index in [2.05, 4.69) is 400 Å². The molecule has 0 amide bonds. The van der Waals surface area contributed by atoms with E-state index in [-0.39, 0.29) is 0 Å². The number of pyridine rings is 1. The van der Waals surface area contributed by atoms with Crippen LogP contribution in [0.25, 0.3) is 199 Å². The smallest absolute Gasteiger partial charge is 0.160 e. The second kappa shape index (κ2) is 26.7.